The zero-order valence-electron chi connectivity index (χ0n) is 16.6. The Morgan fingerprint density at radius 2 is 2.17 bits per heavy atom. The number of ketones is 1. The first-order valence-corrected chi connectivity index (χ1v) is 10.7. The van der Waals surface area contributed by atoms with Gasteiger partial charge in [0.1, 0.15) is 11.6 Å². The third-order valence-electron chi connectivity index (χ3n) is 8.30. The predicted molar refractivity (Wildman–Crippen MR) is 103 cm³/mol. The number of carbonyl (C=O) groups excluding carboxylic acids is 2. The second-order valence-corrected chi connectivity index (χ2v) is 9.81. The normalized spacial score (nSPS) is 41.5. The Morgan fingerprint density at radius 3 is 2.90 bits per heavy atom. The van der Waals surface area contributed by atoms with Crippen molar-refractivity contribution in [3.05, 3.63) is 28.5 Å². The Labute approximate surface area is 169 Å². The van der Waals surface area contributed by atoms with Gasteiger partial charge in [0, 0.05) is 37.7 Å². The van der Waals surface area contributed by atoms with Crippen LogP contribution in [0.15, 0.2) is 12.1 Å². The van der Waals surface area contributed by atoms with Crippen LogP contribution in [-0.4, -0.2) is 52.2 Å². The van der Waals surface area contributed by atoms with Gasteiger partial charge in [0.25, 0.3) is 0 Å². The number of amides is 1. The number of hydrogen-bond acceptors (Lipinski definition) is 5. The molecule has 2 saturated carbocycles. The van der Waals surface area contributed by atoms with Crippen LogP contribution < -0.4 is 10.1 Å². The van der Waals surface area contributed by atoms with E-state index in [0.29, 0.717) is 44.0 Å². The predicted octanol–water partition coefficient (Wildman–Crippen LogP) is 1.68. The van der Waals surface area contributed by atoms with Crippen LogP contribution in [0.5, 0.6) is 11.5 Å². The third-order valence-corrected chi connectivity index (χ3v) is 8.30. The van der Waals surface area contributed by atoms with Crippen molar-refractivity contribution in [1.29, 1.82) is 0 Å². The molecule has 0 radical (unpaired) electrons. The van der Waals surface area contributed by atoms with Crippen LogP contribution in [-0.2, 0) is 21.4 Å². The van der Waals surface area contributed by atoms with E-state index in [2.05, 4.69) is 5.32 Å². The molecule has 2 bridgehead atoms. The monoisotopic (exact) mass is 398 g/mol. The number of phenolic OH excluding ortho intramolecular Hbond substituents is 1. The fourth-order valence-electron chi connectivity index (χ4n) is 7.16. The lowest BCUT2D eigenvalue weighted by molar-refractivity contribution is -0.920. The molecule has 5 atom stereocenters. The van der Waals surface area contributed by atoms with Gasteiger partial charge in [-0.2, -0.15) is 0 Å². The second kappa shape index (κ2) is 5.32. The van der Waals surface area contributed by atoms with Crippen molar-refractivity contribution in [3.8, 4) is 11.5 Å². The Kier molecular flexibility index (Phi) is 3.25. The Bertz CT molecular complexity index is 959. The summed E-state index contributed by atoms with van der Waals surface area (Å²) in [5.74, 6) is 0.695. The molecule has 1 saturated heterocycles. The standard InChI is InChI=1S/C22H26N2O5/c1-12(25)23-22-7-6-16(27)20-21(22)8-9-24(28,11-13-2-3-13)17(22)10-14-4-5-15(26)19(29-20)18(14)21/h4-5,13,17,20,26H,2-3,6-11H2,1H3,(H,23,25)/t17-,20+,21-,22-,24?/m1/s1. The topological polar surface area (TPSA) is 98.7 Å². The van der Waals surface area contributed by atoms with Gasteiger partial charge in [-0.25, -0.2) is 0 Å². The smallest absolute Gasteiger partial charge is 0.217 e. The van der Waals surface area contributed by atoms with Crippen LogP contribution in [0.3, 0.4) is 0 Å². The summed E-state index contributed by atoms with van der Waals surface area (Å²) in [6, 6.07) is 3.13. The Hall–Kier alpha value is -2.12. The number of carbonyl (C=O) groups is 2. The minimum Gasteiger partial charge on any atom is -0.633 e. The van der Waals surface area contributed by atoms with Crippen LogP contribution in [0, 0.1) is 11.1 Å². The van der Waals surface area contributed by atoms with Gasteiger partial charge in [0.2, 0.25) is 5.91 Å². The number of phenols is 1. The quantitative estimate of drug-likeness (QED) is 0.596. The molecule has 29 heavy (non-hydrogen) atoms. The Morgan fingerprint density at radius 1 is 1.38 bits per heavy atom. The highest BCUT2D eigenvalue weighted by Gasteiger charge is 2.76. The number of nitrogens with one attached hydrogen (secondary N) is 1. The molecule has 0 aromatic heterocycles. The van der Waals surface area contributed by atoms with Gasteiger partial charge in [0.05, 0.1) is 18.5 Å². The molecule has 6 rings (SSSR count). The lowest BCUT2D eigenvalue weighted by Gasteiger charge is -2.69. The molecule has 2 N–H and O–H groups in total. The molecule has 154 valence electrons. The molecule has 1 amide bonds. The summed E-state index contributed by atoms with van der Waals surface area (Å²) in [5, 5.41) is 28.0. The molecule has 7 heteroatoms. The first-order valence-electron chi connectivity index (χ1n) is 10.7. The highest BCUT2D eigenvalue weighted by Crippen LogP contribution is 2.66. The molecular formula is C22H26N2O5. The number of quaternary nitrogens is 1. The number of aromatic hydroxyl groups is 1. The average molecular weight is 398 g/mol. The molecule has 3 fully saturated rings. The van der Waals surface area contributed by atoms with Crippen LogP contribution in [0.2, 0.25) is 0 Å². The van der Waals surface area contributed by atoms with Crippen molar-refractivity contribution < 1.29 is 24.1 Å². The van der Waals surface area contributed by atoms with Crippen LogP contribution in [0.25, 0.3) is 0 Å². The molecule has 3 aliphatic carbocycles. The van der Waals surface area contributed by atoms with Gasteiger partial charge < -0.3 is 25.0 Å². The number of rotatable bonds is 3. The van der Waals surface area contributed by atoms with E-state index in [1.807, 2.05) is 6.07 Å². The maximum atomic E-state index is 14.2. The van der Waals surface area contributed by atoms with Gasteiger partial charge in [-0.05, 0) is 30.9 Å². The van der Waals surface area contributed by atoms with Crippen LogP contribution >= 0.6 is 0 Å². The summed E-state index contributed by atoms with van der Waals surface area (Å²) in [5.41, 5.74) is 0.252. The molecule has 2 heterocycles. The fourth-order valence-corrected chi connectivity index (χ4v) is 7.16. The minimum atomic E-state index is -0.821. The third kappa shape index (κ3) is 2.00. The van der Waals surface area contributed by atoms with Gasteiger partial charge in [0.15, 0.2) is 23.4 Å². The summed E-state index contributed by atoms with van der Waals surface area (Å²) >= 11 is 0. The first-order chi connectivity index (χ1) is 13.8. The Balaban J connectivity index is 1.63. The summed E-state index contributed by atoms with van der Waals surface area (Å²) in [4.78, 5) is 25.4. The molecular weight excluding hydrogens is 372 g/mol. The molecule has 1 aromatic carbocycles. The van der Waals surface area contributed by atoms with E-state index in [4.69, 9.17) is 4.74 Å². The van der Waals surface area contributed by atoms with Crippen molar-refractivity contribution >= 4 is 11.7 Å². The van der Waals surface area contributed by atoms with Crippen molar-refractivity contribution in [1.82, 2.24) is 5.32 Å². The average Bonchev–Trinajstić information content (AvgIpc) is 3.38. The van der Waals surface area contributed by atoms with Crippen molar-refractivity contribution in [2.24, 2.45) is 5.92 Å². The lowest BCUT2D eigenvalue weighted by atomic mass is 9.47. The molecule has 1 spiro atoms. The molecule has 1 aromatic rings. The number of piperidine rings is 1. The van der Waals surface area contributed by atoms with Gasteiger partial charge >= 0.3 is 0 Å². The van der Waals surface area contributed by atoms with E-state index in [9.17, 15) is 19.9 Å². The van der Waals surface area contributed by atoms with Crippen LogP contribution in [0.4, 0.5) is 0 Å². The van der Waals surface area contributed by atoms with Gasteiger partial charge in [-0.1, -0.05) is 6.07 Å². The highest BCUT2D eigenvalue weighted by atomic mass is 16.6. The van der Waals surface area contributed by atoms with E-state index < -0.39 is 17.1 Å². The van der Waals surface area contributed by atoms with Crippen molar-refractivity contribution in [2.75, 3.05) is 13.1 Å². The van der Waals surface area contributed by atoms with E-state index >= 15 is 0 Å². The number of benzene rings is 1. The summed E-state index contributed by atoms with van der Waals surface area (Å²) < 4.78 is 5.83. The summed E-state index contributed by atoms with van der Waals surface area (Å²) in [6.45, 7) is 2.49. The number of nitrogens with zero attached hydrogens (tertiary/aromatic N) is 1. The first kappa shape index (κ1) is 17.7. The summed E-state index contributed by atoms with van der Waals surface area (Å²) in [7, 11) is 0. The number of Topliss-reactive ketones (excluding diaryl/α,β-unsaturated/α-hetero) is 1. The second-order valence-electron chi connectivity index (χ2n) is 9.81. The molecule has 2 aliphatic heterocycles. The van der Waals surface area contributed by atoms with E-state index in [-0.39, 0.29) is 34.5 Å². The molecule has 1 unspecified atom stereocenters. The van der Waals surface area contributed by atoms with Gasteiger partial charge in [-0.15, -0.1) is 0 Å². The minimum absolute atomic E-state index is 0.00117. The van der Waals surface area contributed by atoms with Crippen molar-refractivity contribution in [2.45, 2.75) is 68.5 Å². The zero-order valence-corrected chi connectivity index (χ0v) is 16.6. The van der Waals surface area contributed by atoms with Crippen LogP contribution in [0.1, 0.15) is 50.2 Å². The SMILES string of the molecule is CC(=O)N[C@@]12CCC(=O)[C@@H]3Oc4c(O)ccc5c4[C@]31CC[N+]([O-])(CC1CC1)[C@@H]2C5. The molecule has 7 nitrogen and oxygen atoms in total. The maximum absolute atomic E-state index is 14.2. The largest absolute Gasteiger partial charge is 0.633 e. The molecule has 5 aliphatic rings. The highest BCUT2D eigenvalue weighted by molar-refractivity contribution is 5.91. The van der Waals surface area contributed by atoms with E-state index in [1.165, 1.54) is 6.92 Å². The number of hydrogen-bond donors (Lipinski definition) is 2. The lowest BCUT2D eigenvalue weighted by Crippen LogP contribution is -2.84. The fraction of sp³-hybridized carbons (Fsp3) is 0.636. The summed E-state index contributed by atoms with van der Waals surface area (Å²) in [6.07, 6.45) is 3.21. The van der Waals surface area contributed by atoms with E-state index in [0.717, 1.165) is 24.0 Å². The van der Waals surface area contributed by atoms with E-state index in [1.54, 1.807) is 6.07 Å². The zero-order chi connectivity index (χ0) is 20.2. The number of hydroxylamine groups is 3. The maximum Gasteiger partial charge on any atom is 0.217 e. The van der Waals surface area contributed by atoms with Crippen molar-refractivity contribution in [3.63, 3.8) is 0 Å². The van der Waals surface area contributed by atoms with Gasteiger partial charge in [-0.3, -0.25) is 9.59 Å². The number of ether oxygens (including phenoxy) is 1. The number of likely N-dealkylation sites (tertiary alicyclic amines) is 1.